The predicted molar refractivity (Wildman–Crippen MR) is 121 cm³/mol. The minimum Gasteiger partial charge on any atom is -0.492 e. The first-order valence-corrected chi connectivity index (χ1v) is 11.2. The number of hydrogen-bond acceptors (Lipinski definition) is 5. The largest absolute Gasteiger partial charge is 0.492 e. The van der Waals surface area contributed by atoms with Gasteiger partial charge in [0.25, 0.3) is 0 Å². The maximum absolute atomic E-state index is 12.5. The minimum absolute atomic E-state index is 0.0184. The molecule has 1 fully saturated rings. The summed E-state index contributed by atoms with van der Waals surface area (Å²) in [5, 5.41) is 4.11. The Bertz CT molecular complexity index is 965. The molecule has 0 aliphatic carbocycles. The van der Waals surface area contributed by atoms with Gasteiger partial charge in [-0.1, -0.05) is 24.3 Å². The molecule has 2 heterocycles. The summed E-state index contributed by atoms with van der Waals surface area (Å²) in [6, 6.07) is 16.4. The van der Waals surface area contributed by atoms with E-state index in [1.54, 1.807) is 11.3 Å². The number of aryl methyl sites for hydroxylation is 1. The molecule has 1 saturated heterocycles. The molecule has 3 aromatic rings. The van der Waals surface area contributed by atoms with E-state index in [1.807, 2.05) is 42.2 Å². The molecule has 1 atom stereocenters. The van der Waals surface area contributed by atoms with Crippen LogP contribution in [0.4, 0.5) is 4.79 Å². The van der Waals surface area contributed by atoms with Crippen LogP contribution in [0, 0.1) is 6.92 Å². The van der Waals surface area contributed by atoms with Crippen molar-refractivity contribution in [3.05, 3.63) is 59.1 Å². The van der Waals surface area contributed by atoms with Crippen molar-refractivity contribution in [3.8, 4) is 5.75 Å². The van der Waals surface area contributed by atoms with Crippen LogP contribution in [0.25, 0.3) is 10.2 Å². The second kappa shape index (κ2) is 9.45. The van der Waals surface area contributed by atoms with Crippen molar-refractivity contribution in [1.29, 1.82) is 0 Å². The summed E-state index contributed by atoms with van der Waals surface area (Å²) in [6.07, 6.45) is 0. The molecule has 4 rings (SSSR count). The highest BCUT2D eigenvalue weighted by Crippen LogP contribution is 2.29. The Morgan fingerprint density at radius 2 is 1.97 bits per heavy atom. The number of carbonyl (C=O) groups is 1. The average molecular weight is 425 g/mol. The molecule has 1 aliphatic rings. The number of thiazole rings is 1. The molecule has 2 amide bonds. The maximum Gasteiger partial charge on any atom is 0.317 e. The molecule has 2 aromatic carbocycles. The SMILES string of the molecule is Cc1cccc(OCCNC(=O)N2CCN([C@@H](C)c3nc4ccccc4s3)CC2)c1. The Morgan fingerprint density at radius 3 is 2.73 bits per heavy atom. The molecule has 7 heteroatoms. The lowest BCUT2D eigenvalue weighted by atomic mass is 10.2. The second-order valence-corrected chi connectivity index (χ2v) is 8.68. The number of ether oxygens (including phenoxy) is 1. The summed E-state index contributed by atoms with van der Waals surface area (Å²) >= 11 is 1.76. The van der Waals surface area contributed by atoms with Crippen molar-refractivity contribution < 1.29 is 9.53 Å². The Kier molecular flexibility index (Phi) is 6.50. The van der Waals surface area contributed by atoms with Crippen LogP contribution in [0.2, 0.25) is 0 Å². The van der Waals surface area contributed by atoms with Crippen LogP contribution in [0.1, 0.15) is 23.5 Å². The van der Waals surface area contributed by atoms with Crippen LogP contribution < -0.4 is 10.1 Å². The number of hydrogen-bond donors (Lipinski definition) is 1. The van der Waals surface area contributed by atoms with E-state index in [4.69, 9.17) is 9.72 Å². The van der Waals surface area contributed by atoms with Crippen LogP contribution in [-0.2, 0) is 0 Å². The zero-order valence-electron chi connectivity index (χ0n) is 17.5. The molecule has 1 N–H and O–H groups in total. The quantitative estimate of drug-likeness (QED) is 0.606. The van der Waals surface area contributed by atoms with Gasteiger partial charge in [0, 0.05) is 26.2 Å². The number of nitrogens with one attached hydrogen (secondary N) is 1. The van der Waals surface area contributed by atoms with E-state index in [1.165, 1.54) is 4.70 Å². The molecule has 0 spiro atoms. The van der Waals surface area contributed by atoms with Crippen LogP contribution in [0.15, 0.2) is 48.5 Å². The van der Waals surface area contributed by atoms with E-state index >= 15 is 0 Å². The molecule has 0 unspecified atom stereocenters. The van der Waals surface area contributed by atoms with Crippen molar-refractivity contribution >= 4 is 27.6 Å². The molecule has 1 aliphatic heterocycles. The molecule has 6 nitrogen and oxygen atoms in total. The monoisotopic (exact) mass is 424 g/mol. The average Bonchev–Trinajstić information content (AvgIpc) is 3.20. The highest BCUT2D eigenvalue weighted by molar-refractivity contribution is 7.18. The third-order valence-electron chi connectivity index (χ3n) is 5.45. The number of rotatable bonds is 6. The molecule has 0 saturated carbocycles. The number of para-hydroxylation sites is 1. The first-order valence-electron chi connectivity index (χ1n) is 10.4. The van der Waals surface area contributed by atoms with Gasteiger partial charge in [-0.25, -0.2) is 9.78 Å². The van der Waals surface area contributed by atoms with Crippen LogP contribution in [0.3, 0.4) is 0 Å². The van der Waals surface area contributed by atoms with E-state index in [2.05, 4.69) is 35.3 Å². The Hall–Kier alpha value is -2.64. The van der Waals surface area contributed by atoms with E-state index in [9.17, 15) is 4.79 Å². The van der Waals surface area contributed by atoms with E-state index in [0.717, 1.165) is 48.0 Å². The molecule has 0 bridgehead atoms. The molecular weight excluding hydrogens is 396 g/mol. The van der Waals surface area contributed by atoms with Gasteiger partial charge in [-0.2, -0.15) is 0 Å². The fraction of sp³-hybridized carbons (Fsp3) is 0.391. The first-order chi connectivity index (χ1) is 14.6. The minimum atomic E-state index is -0.0184. The van der Waals surface area contributed by atoms with Crippen molar-refractivity contribution in [2.24, 2.45) is 0 Å². The van der Waals surface area contributed by atoms with Crippen molar-refractivity contribution in [1.82, 2.24) is 20.1 Å². The molecule has 30 heavy (non-hydrogen) atoms. The zero-order chi connectivity index (χ0) is 20.9. The number of carbonyl (C=O) groups excluding carboxylic acids is 1. The van der Waals surface area contributed by atoms with Gasteiger partial charge in [0.1, 0.15) is 17.4 Å². The third kappa shape index (κ3) is 4.91. The molecular formula is C23H28N4O2S. The Balaban J connectivity index is 1.21. The Morgan fingerprint density at radius 1 is 1.17 bits per heavy atom. The number of benzene rings is 2. The van der Waals surface area contributed by atoms with E-state index in [0.29, 0.717) is 13.2 Å². The normalized spacial score (nSPS) is 15.9. The second-order valence-electron chi connectivity index (χ2n) is 7.62. The van der Waals surface area contributed by atoms with Gasteiger partial charge in [-0.05, 0) is 43.7 Å². The summed E-state index contributed by atoms with van der Waals surface area (Å²) < 4.78 is 6.93. The maximum atomic E-state index is 12.5. The smallest absolute Gasteiger partial charge is 0.317 e. The lowest BCUT2D eigenvalue weighted by Gasteiger charge is -2.37. The summed E-state index contributed by atoms with van der Waals surface area (Å²) in [5.74, 6) is 0.835. The number of nitrogens with zero attached hydrogens (tertiary/aromatic N) is 3. The van der Waals surface area contributed by atoms with Gasteiger partial charge in [0.2, 0.25) is 0 Å². The Labute approximate surface area is 181 Å². The highest BCUT2D eigenvalue weighted by Gasteiger charge is 2.26. The number of urea groups is 1. The predicted octanol–water partition coefficient (Wildman–Crippen LogP) is 4.07. The number of aromatic nitrogens is 1. The highest BCUT2D eigenvalue weighted by atomic mass is 32.1. The number of piperazine rings is 1. The number of fused-ring (bicyclic) bond motifs is 1. The first kappa shape index (κ1) is 20.6. The lowest BCUT2D eigenvalue weighted by molar-refractivity contribution is 0.113. The topological polar surface area (TPSA) is 57.7 Å². The number of amides is 2. The van der Waals surface area contributed by atoms with E-state index < -0.39 is 0 Å². The summed E-state index contributed by atoms with van der Waals surface area (Å²) in [7, 11) is 0. The van der Waals surface area contributed by atoms with Gasteiger partial charge in [0.05, 0.1) is 22.8 Å². The molecule has 0 radical (unpaired) electrons. The van der Waals surface area contributed by atoms with Crippen molar-refractivity contribution in [2.45, 2.75) is 19.9 Å². The molecule has 158 valence electrons. The fourth-order valence-electron chi connectivity index (χ4n) is 3.68. The van der Waals surface area contributed by atoms with Gasteiger partial charge in [0.15, 0.2) is 0 Å². The summed E-state index contributed by atoms with van der Waals surface area (Å²) in [4.78, 5) is 21.5. The lowest BCUT2D eigenvalue weighted by Crippen LogP contribution is -2.52. The van der Waals surface area contributed by atoms with Gasteiger partial charge < -0.3 is 15.0 Å². The van der Waals surface area contributed by atoms with Gasteiger partial charge in [-0.15, -0.1) is 11.3 Å². The van der Waals surface area contributed by atoms with E-state index in [-0.39, 0.29) is 12.1 Å². The van der Waals surface area contributed by atoms with Gasteiger partial charge >= 0.3 is 6.03 Å². The summed E-state index contributed by atoms with van der Waals surface area (Å²) in [5.41, 5.74) is 2.23. The third-order valence-corrected chi connectivity index (χ3v) is 6.66. The zero-order valence-corrected chi connectivity index (χ0v) is 18.3. The van der Waals surface area contributed by atoms with Crippen molar-refractivity contribution in [3.63, 3.8) is 0 Å². The van der Waals surface area contributed by atoms with Crippen LogP contribution >= 0.6 is 11.3 Å². The van der Waals surface area contributed by atoms with Crippen molar-refractivity contribution in [2.75, 3.05) is 39.3 Å². The molecule has 1 aromatic heterocycles. The summed E-state index contributed by atoms with van der Waals surface area (Å²) in [6.45, 7) is 8.34. The van der Waals surface area contributed by atoms with Gasteiger partial charge in [-0.3, -0.25) is 4.90 Å². The van der Waals surface area contributed by atoms with Crippen LogP contribution in [-0.4, -0.2) is 60.1 Å². The standard InChI is InChI=1S/C23H28N4O2S/c1-17-6-5-7-19(16-17)29-15-10-24-23(28)27-13-11-26(12-14-27)18(2)22-25-20-8-3-4-9-21(20)30-22/h3-9,16,18H,10-15H2,1-2H3,(H,24,28)/t18-/m0/s1. The van der Waals surface area contributed by atoms with Crippen LogP contribution in [0.5, 0.6) is 5.75 Å². The fourth-order valence-corrected chi connectivity index (χ4v) is 4.73.